The van der Waals surface area contributed by atoms with Gasteiger partial charge in [0.1, 0.15) is 5.56 Å². The minimum Gasteiger partial charge on any atom is -0.478 e. The molecule has 0 radical (unpaired) electrons. The molecule has 0 aliphatic carbocycles. The van der Waals surface area contributed by atoms with Crippen molar-refractivity contribution in [3.8, 4) is 0 Å². The van der Waals surface area contributed by atoms with E-state index in [0.717, 1.165) is 25.7 Å². The monoisotopic (exact) mass is 323 g/mol. The zero-order chi connectivity index (χ0) is 17.0. The Morgan fingerprint density at radius 3 is 2.74 bits per heavy atom. The summed E-state index contributed by atoms with van der Waals surface area (Å²) in [6, 6.07) is -0.0134. The fraction of sp³-hybridized carbons (Fsp3) is 0.688. The van der Waals surface area contributed by atoms with Crippen LogP contribution in [0.5, 0.6) is 0 Å². The Balaban J connectivity index is 2.04. The minimum atomic E-state index is -1.15. The average Bonchev–Trinajstić information content (AvgIpc) is 2.91. The van der Waals surface area contributed by atoms with Crippen molar-refractivity contribution in [2.24, 2.45) is 5.92 Å². The van der Waals surface area contributed by atoms with Gasteiger partial charge in [0.05, 0.1) is 6.10 Å². The summed E-state index contributed by atoms with van der Waals surface area (Å²) < 4.78 is 5.84. The molecule has 1 amide bonds. The Labute approximate surface area is 135 Å². The fourth-order valence-corrected chi connectivity index (χ4v) is 3.21. The molecule has 3 N–H and O–H groups in total. The molecule has 7 nitrogen and oxygen atoms in total. The van der Waals surface area contributed by atoms with Crippen molar-refractivity contribution >= 4 is 11.9 Å². The number of ether oxygens (including phenoxy) is 1. The summed E-state index contributed by atoms with van der Waals surface area (Å²) in [5.41, 5.74) is 0.260. The number of H-pyrrole nitrogens is 1. The number of aromatic carboxylic acids is 1. The average molecular weight is 323 g/mol. The Bertz CT molecular complexity index is 566. The molecule has 0 saturated carbocycles. The number of carboxylic acid groups (broad SMARTS) is 1. The molecule has 1 aliphatic heterocycles. The van der Waals surface area contributed by atoms with E-state index in [2.05, 4.69) is 29.4 Å². The number of aromatic nitrogens is 2. The maximum atomic E-state index is 12.4. The van der Waals surface area contributed by atoms with Gasteiger partial charge in [-0.2, -0.15) is 5.10 Å². The predicted molar refractivity (Wildman–Crippen MR) is 84.6 cm³/mol. The van der Waals surface area contributed by atoms with Crippen molar-refractivity contribution in [3.05, 3.63) is 17.0 Å². The van der Waals surface area contributed by atoms with Gasteiger partial charge in [0.2, 0.25) is 0 Å². The second-order valence-electron chi connectivity index (χ2n) is 6.06. The highest BCUT2D eigenvalue weighted by atomic mass is 16.5. The van der Waals surface area contributed by atoms with E-state index in [0.29, 0.717) is 18.2 Å². The van der Waals surface area contributed by atoms with Crippen molar-refractivity contribution in [2.75, 3.05) is 6.61 Å². The van der Waals surface area contributed by atoms with Gasteiger partial charge in [-0.25, -0.2) is 4.79 Å². The largest absolute Gasteiger partial charge is 0.478 e. The molecule has 1 aromatic rings. The van der Waals surface area contributed by atoms with Gasteiger partial charge in [-0.3, -0.25) is 9.89 Å². The van der Waals surface area contributed by atoms with Crippen molar-refractivity contribution in [1.82, 2.24) is 15.5 Å². The fourth-order valence-electron chi connectivity index (χ4n) is 3.21. The van der Waals surface area contributed by atoms with Gasteiger partial charge in [-0.15, -0.1) is 0 Å². The number of hydrogen-bond acceptors (Lipinski definition) is 4. The number of aryl methyl sites for hydroxylation is 1. The maximum Gasteiger partial charge on any atom is 0.340 e. The summed E-state index contributed by atoms with van der Waals surface area (Å²) in [4.78, 5) is 23.6. The van der Waals surface area contributed by atoms with Crippen molar-refractivity contribution in [3.63, 3.8) is 0 Å². The van der Waals surface area contributed by atoms with Crippen LogP contribution in [0.15, 0.2) is 0 Å². The van der Waals surface area contributed by atoms with Crippen LogP contribution < -0.4 is 5.32 Å². The number of nitrogens with one attached hydrogen (secondary N) is 2. The van der Waals surface area contributed by atoms with E-state index < -0.39 is 11.9 Å². The first kappa shape index (κ1) is 17.5. The van der Waals surface area contributed by atoms with Gasteiger partial charge in [0.15, 0.2) is 5.69 Å². The van der Waals surface area contributed by atoms with Crippen LogP contribution in [-0.4, -0.2) is 45.9 Å². The van der Waals surface area contributed by atoms with Crippen molar-refractivity contribution < 1.29 is 19.4 Å². The number of hydrogen-bond donors (Lipinski definition) is 3. The second-order valence-corrected chi connectivity index (χ2v) is 6.06. The zero-order valence-electron chi connectivity index (χ0n) is 13.9. The summed E-state index contributed by atoms with van der Waals surface area (Å²) in [7, 11) is 0. The van der Waals surface area contributed by atoms with E-state index >= 15 is 0 Å². The molecule has 2 rings (SSSR count). The van der Waals surface area contributed by atoms with Crippen LogP contribution in [0, 0.1) is 12.8 Å². The third-order valence-corrected chi connectivity index (χ3v) is 4.60. The molecule has 128 valence electrons. The topological polar surface area (TPSA) is 104 Å². The lowest BCUT2D eigenvalue weighted by molar-refractivity contribution is -0.0337. The number of rotatable bonds is 6. The standard InChI is InChI=1S/C16H25N3O4/c1-4-10(5-2)12-8-11(6-7-23-12)17-15(20)14-13(16(21)22)9(3)18-19-14/h10-12H,4-8H2,1-3H3,(H,17,20)(H,18,19)(H,21,22). The zero-order valence-corrected chi connectivity index (χ0v) is 13.9. The van der Waals surface area contributed by atoms with Crippen molar-refractivity contribution in [1.29, 1.82) is 0 Å². The quantitative estimate of drug-likeness (QED) is 0.744. The van der Waals surface area contributed by atoms with Crippen LogP contribution in [0.1, 0.15) is 66.1 Å². The summed E-state index contributed by atoms with van der Waals surface area (Å²) in [6.07, 6.45) is 3.72. The van der Waals surface area contributed by atoms with Gasteiger partial charge in [-0.05, 0) is 25.7 Å². The van der Waals surface area contributed by atoms with E-state index in [-0.39, 0.29) is 23.4 Å². The van der Waals surface area contributed by atoms with E-state index in [9.17, 15) is 14.7 Å². The third kappa shape index (κ3) is 3.90. The molecule has 1 fully saturated rings. The number of amides is 1. The molecular weight excluding hydrogens is 298 g/mol. The molecule has 0 spiro atoms. The van der Waals surface area contributed by atoms with E-state index in [1.807, 2.05) is 0 Å². The van der Waals surface area contributed by atoms with E-state index in [4.69, 9.17) is 4.74 Å². The molecule has 23 heavy (non-hydrogen) atoms. The maximum absolute atomic E-state index is 12.4. The molecule has 2 heterocycles. The molecule has 2 atom stereocenters. The van der Waals surface area contributed by atoms with Crippen LogP contribution in [0.4, 0.5) is 0 Å². The lowest BCUT2D eigenvalue weighted by Crippen LogP contribution is -2.44. The lowest BCUT2D eigenvalue weighted by atomic mass is 9.89. The highest BCUT2D eigenvalue weighted by Gasteiger charge is 2.30. The van der Waals surface area contributed by atoms with Crippen LogP contribution in [0.3, 0.4) is 0 Å². The summed E-state index contributed by atoms with van der Waals surface area (Å²) in [6.45, 7) is 6.49. The van der Waals surface area contributed by atoms with E-state index in [1.54, 1.807) is 6.92 Å². The third-order valence-electron chi connectivity index (χ3n) is 4.60. The van der Waals surface area contributed by atoms with Gasteiger partial charge in [0, 0.05) is 18.3 Å². The first-order valence-electron chi connectivity index (χ1n) is 8.18. The van der Waals surface area contributed by atoms with Crippen LogP contribution >= 0.6 is 0 Å². The summed E-state index contributed by atoms with van der Waals surface area (Å²) in [5, 5.41) is 18.5. The first-order valence-corrected chi connectivity index (χ1v) is 8.18. The molecule has 1 saturated heterocycles. The highest BCUT2D eigenvalue weighted by Crippen LogP contribution is 2.25. The van der Waals surface area contributed by atoms with Crippen molar-refractivity contribution in [2.45, 2.75) is 58.6 Å². The Morgan fingerprint density at radius 2 is 2.13 bits per heavy atom. The van der Waals surface area contributed by atoms with Gasteiger partial charge >= 0.3 is 5.97 Å². The molecule has 1 aromatic heterocycles. The molecule has 2 unspecified atom stereocenters. The number of carbonyl (C=O) groups is 2. The molecule has 0 aromatic carbocycles. The van der Waals surface area contributed by atoms with Crippen LogP contribution in [0.2, 0.25) is 0 Å². The Kier molecular flexibility index (Phi) is 5.76. The van der Waals surface area contributed by atoms with Gasteiger partial charge in [0.25, 0.3) is 5.91 Å². The molecule has 1 aliphatic rings. The smallest absolute Gasteiger partial charge is 0.340 e. The van der Waals surface area contributed by atoms with Crippen LogP contribution in [-0.2, 0) is 4.74 Å². The number of aromatic amines is 1. The normalized spacial score (nSPS) is 21.4. The SMILES string of the molecule is CCC(CC)C1CC(NC(=O)c2n[nH]c(C)c2C(=O)O)CCO1. The minimum absolute atomic E-state index is 0.0134. The number of carboxylic acids is 1. The molecular formula is C16H25N3O4. The van der Waals surface area contributed by atoms with E-state index in [1.165, 1.54) is 0 Å². The summed E-state index contributed by atoms with van der Waals surface area (Å²) in [5.74, 6) is -1.11. The second kappa shape index (κ2) is 7.59. The Morgan fingerprint density at radius 1 is 1.43 bits per heavy atom. The predicted octanol–water partition coefficient (Wildman–Crippen LogP) is 2.13. The number of nitrogens with zero attached hydrogens (tertiary/aromatic N) is 1. The van der Waals surface area contributed by atoms with Crippen LogP contribution in [0.25, 0.3) is 0 Å². The molecule has 7 heteroatoms. The Hall–Kier alpha value is -1.89. The van der Waals surface area contributed by atoms with Gasteiger partial charge in [-0.1, -0.05) is 26.7 Å². The first-order chi connectivity index (χ1) is 11.0. The highest BCUT2D eigenvalue weighted by molar-refractivity contribution is 6.04. The van der Waals surface area contributed by atoms with Gasteiger partial charge < -0.3 is 15.2 Å². The summed E-state index contributed by atoms with van der Waals surface area (Å²) >= 11 is 0. The number of carbonyl (C=O) groups excluding carboxylic acids is 1. The molecule has 0 bridgehead atoms. The lowest BCUT2D eigenvalue weighted by Gasteiger charge is -2.34.